The number of urea groups is 1. The molecule has 0 aromatic carbocycles. The Morgan fingerprint density at radius 2 is 1.81 bits per heavy atom. The quantitative estimate of drug-likeness (QED) is 0.868. The monoisotopic (exact) mass is 309 g/mol. The zero-order valence-electron chi connectivity index (χ0n) is 12.8. The van der Waals surface area contributed by atoms with Crippen LogP contribution < -0.4 is 5.32 Å². The van der Waals surface area contributed by atoms with Crippen LogP contribution in [-0.2, 0) is 9.59 Å². The highest BCUT2D eigenvalue weighted by Gasteiger charge is 2.44. The maximum absolute atomic E-state index is 12.5. The van der Waals surface area contributed by atoms with Gasteiger partial charge in [-0.05, 0) is 26.7 Å². The van der Waals surface area contributed by atoms with E-state index in [1.807, 2.05) is 13.8 Å². The van der Waals surface area contributed by atoms with Crippen molar-refractivity contribution in [2.45, 2.75) is 40.7 Å². The second kappa shape index (κ2) is 5.55. The summed E-state index contributed by atoms with van der Waals surface area (Å²) < 4.78 is 0. The van der Waals surface area contributed by atoms with Crippen molar-refractivity contribution in [2.24, 2.45) is 11.8 Å². The van der Waals surface area contributed by atoms with Crippen molar-refractivity contribution in [2.75, 3.05) is 0 Å². The summed E-state index contributed by atoms with van der Waals surface area (Å²) in [4.78, 5) is 42.8. The van der Waals surface area contributed by atoms with E-state index in [0.717, 1.165) is 20.5 Å². The van der Waals surface area contributed by atoms with Gasteiger partial charge in [0.15, 0.2) is 0 Å². The first-order chi connectivity index (χ1) is 9.73. The molecule has 4 amide bonds. The second-order valence-electron chi connectivity index (χ2n) is 5.58. The number of carbonyl (C=O) groups is 3. The number of barbiturate groups is 1. The fraction of sp³-hybridized carbons (Fsp3) is 0.571. The van der Waals surface area contributed by atoms with Crippen LogP contribution in [-0.4, -0.2) is 27.7 Å². The van der Waals surface area contributed by atoms with Gasteiger partial charge in [0.1, 0.15) is 5.92 Å². The van der Waals surface area contributed by atoms with Gasteiger partial charge in [-0.2, -0.15) is 0 Å². The summed E-state index contributed by atoms with van der Waals surface area (Å²) in [6.07, 6.45) is 0. The molecule has 1 saturated heterocycles. The Morgan fingerprint density at radius 3 is 2.29 bits per heavy atom. The fourth-order valence-electron chi connectivity index (χ4n) is 2.61. The van der Waals surface area contributed by atoms with Crippen LogP contribution in [0.3, 0.4) is 0 Å². The summed E-state index contributed by atoms with van der Waals surface area (Å²) in [6, 6.07) is -1.09. The molecular weight excluding hydrogens is 290 g/mol. The van der Waals surface area contributed by atoms with E-state index in [1.165, 1.54) is 11.3 Å². The van der Waals surface area contributed by atoms with Gasteiger partial charge in [-0.25, -0.2) is 9.78 Å². The first kappa shape index (κ1) is 15.6. The standard InChI is InChI=1S/C14H19N3O3S/c1-6(2)10-12(18)16-14(20)17(13(10)19)8(4)11-7(3)15-9(5)21-11/h6,8,10H,1-5H3,(H,16,18,20). The van der Waals surface area contributed by atoms with Crippen LogP contribution in [0.4, 0.5) is 4.79 Å². The summed E-state index contributed by atoms with van der Waals surface area (Å²) in [5.74, 6) is -1.93. The number of imide groups is 2. The zero-order chi connectivity index (χ0) is 15.9. The molecule has 1 aliphatic heterocycles. The minimum Gasteiger partial charge on any atom is -0.277 e. The highest BCUT2D eigenvalue weighted by molar-refractivity contribution is 7.11. The van der Waals surface area contributed by atoms with Gasteiger partial charge in [-0.15, -0.1) is 11.3 Å². The van der Waals surface area contributed by atoms with Gasteiger partial charge < -0.3 is 0 Å². The smallest absolute Gasteiger partial charge is 0.277 e. The summed E-state index contributed by atoms with van der Waals surface area (Å²) >= 11 is 1.46. The van der Waals surface area contributed by atoms with Gasteiger partial charge in [0.05, 0.1) is 21.6 Å². The zero-order valence-corrected chi connectivity index (χ0v) is 13.6. The van der Waals surface area contributed by atoms with Crippen molar-refractivity contribution in [3.63, 3.8) is 0 Å². The SMILES string of the molecule is Cc1nc(C)c(C(C)N2C(=O)NC(=O)C(C(C)C)C2=O)s1. The van der Waals surface area contributed by atoms with Crippen LogP contribution in [0.5, 0.6) is 0 Å². The number of carbonyl (C=O) groups excluding carboxylic acids is 3. The molecule has 1 aromatic rings. The van der Waals surface area contributed by atoms with Crippen LogP contribution in [0.25, 0.3) is 0 Å². The van der Waals surface area contributed by atoms with E-state index in [4.69, 9.17) is 0 Å². The van der Waals surface area contributed by atoms with E-state index < -0.39 is 29.8 Å². The Morgan fingerprint density at radius 1 is 1.19 bits per heavy atom. The molecule has 2 heterocycles. The first-order valence-electron chi connectivity index (χ1n) is 6.85. The van der Waals surface area contributed by atoms with Crippen molar-refractivity contribution in [1.82, 2.24) is 15.2 Å². The van der Waals surface area contributed by atoms with Gasteiger partial charge in [-0.3, -0.25) is 19.8 Å². The number of amides is 4. The molecule has 0 spiro atoms. The molecule has 0 radical (unpaired) electrons. The molecule has 6 nitrogen and oxygen atoms in total. The molecule has 0 aliphatic carbocycles. The van der Waals surface area contributed by atoms with E-state index in [2.05, 4.69) is 10.3 Å². The third-order valence-corrected chi connectivity index (χ3v) is 4.85. The number of hydrogen-bond donors (Lipinski definition) is 1. The van der Waals surface area contributed by atoms with Crippen molar-refractivity contribution in [1.29, 1.82) is 0 Å². The van der Waals surface area contributed by atoms with Gasteiger partial charge in [0.25, 0.3) is 0 Å². The predicted octanol–water partition coefficient (Wildman–Crippen LogP) is 2.17. The molecule has 1 aliphatic rings. The topological polar surface area (TPSA) is 79.4 Å². The Kier molecular flexibility index (Phi) is 4.13. The molecular formula is C14H19N3O3S. The van der Waals surface area contributed by atoms with Gasteiger partial charge in [0.2, 0.25) is 11.8 Å². The third kappa shape index (κ3) is 2.70. The largest absolute Gasteiger partial charge is 0.331 e. The van der Waals surface area contributed by atoms with Crippen molar-refractivity contribution in [3.05, 3.63) is 15.6 Å². The Balaban J connectivity index is 2.37. The van der Waals surface area contributed by atoms with E-state index in [0.29, 0.717) is 0 Å². The molecule has 1 fully saturated rings. The molecule has 114 valence electrons. The molecule has 2 atom stereocenters. The molecule has 7 heteroatoms. The Labute approximate surface area is 127 Å². The lowest BCUT2D eigenvalue weighted by Crippen LogP contribution is -2.59. The fourth-order valence-corrected chi connectivity index (χ4v) is 3.58. The summed E-state index contributed by atoms with van der Waals surface area (Å²) in [6.45, 7) is 9.11. The minimum atomic E-state index is -0.820. The molecule has 2 rings (SSSR count). The van der Waals surface area contributed by atoms with Gasteiger partial charge >= 0.3 is 6.03 Å². The van der Waals surface area contributed by atoms with Crippen LogP contribution >= 0.6 is 11.3 Å². The number of thiazole rings is 1. The summed E-state index contributed by atoms with van der Waals surface area (Å²) in [7, 11) is 0. The molecule has 0 saturated carbocycles. The van der Waals surface area contributed by atoms with E-state index in [9.17, 15) is 14.4 Å². The number of aryl methyl sites for hydroxylation is 2. The normalized spacial score (nSPS) is 21.0. The lowest BCUT2D eigenvalue weighted by molar-refractivity contribution is -0.145. The average molecular weight is 309 g/mol. The molecule has 1 aromatic heterocycles. The van der Waals surface area contributed by atoms with Crippen LogP contribution in [0.2, 0.25) is 0 Å². The lowest BCUT2D eigenvalue weighted by Gasteiger charge is -2.35. The highest BCUT2D eigenvalue weighted by atomic mass is 32.1. The van der Waals surface area contributed by atoms with E-state index in [1.54, 1.807) is 20.8 Å². The summed E-state index contributed by atoms with van der Waals surface area (Å²) in [5.41, 5.74) is 0.809. The summed E-state index contributed by atoms with van der Waals surface area (Å²) in [5, 5.41) is 3.16. The number of nitrogens with zero attached hydrogens (tertiary/aromatic N) is 2. The minimum absolute atomic E-state index is 0.162. The average Bonchev–Trinajstić information content (AvgIpc) is 2.66. The highest BCUT2D eigenvalue weighted by Crippen LogP contribution is 2.32. The second-order valence-corrected chi connectivity index (χ2v) is 6.82. The maximum atomic E-state index is 12.5. The van der Waals surface area contributed by atoms with Crippen LogP contribution in [0.1, 0.15) is 42.4 Å². The van der Waals surface area contributed by atoms with Crippen LogP contribution in [0.15, 0.2) is 0 Å². The molecule has 0 bridgehead atoms. The van der Waals surface area contributed by atoms with Crippen molar-refractivity contribution in [3.8, 4) is 0 Å². The van der Waals surface area contributed by atoms with Crippen LogP contribution in [0, 0.1) is 25.7 Å². The number of nitrogens with one attached hydrogen (secondary N) is 1. The predicted molar refractivity (Wildman–Crippen MR) is 78.7 cm³/mol. The lowest BCUT2D eigenvalue weighted by atomic mass is 9.91. The van der Waals surface area contributed by atoms with Crippen molar-refractivity contribution >= 4 is 29.2 Å². The van der Waals surface area contributed by atoms with E-state index in [-0.39, 0.29) is 5.92 Å². The number of hydrogen-bond acceptors (Lipinski definition) is 5. The first-order valence-corrected chi connectivity index (χ1v) is 7.67. The van der Waals surface area contributed by atoms with Gasteiger partial charge in [-0.1, -0.05) is 13.8 Å². The number of rotatable bonds is 3. The van der Waals surface area contributed by atoms with Gasteiger partial charge in [0, 0.05) is 0 Å². The maximum Gasteiger partial charge on any atom is 0.331 e. The molecule has 21 heavy (non-hydrogen) atoms. The van der Waals surface area contributed by atoms with E-state index >= 15 is 0 Å². The Hall–Kier alpha value is -1.76. The molecule has 1 N–H and O–H groups in total. The Bertz CT molecular complexity index is 609. The van der Waals surface area contributed by atoms with Crippen molar-refractivity contribution < 1.29 is 14.4 Å². The third-order valence-electron chi connectivity index (χ3n) is 3.61. The molecule has 2 unspecified atom stereocenters. The number of aromatic nitrogens is 1.